The molecule has 0 saturated heterocycles. The van der Waals surface area contributed by atoms with Crippen LogP contribution >= 0.6 is 11.8 Å². The van der Waals surface area contributed by atoms with E-state index in [1.165, 1.54) is 18.1 Å². The Morgan fingerprint density at radius 1 is 0.909 bits per heavy atom. The van der Waals surface area contributed by atoms with Crippen molar-refractivity contribution in [2.75, 3.05) is 10.6 Å². The van der Waals surface area contributed by atoms with E-state index in [1.807, 2.05) is 120 Å². The molecule has 2 aromatic heterocycles. The molecule has 5 aromatic rings. The van der Waals surface area contributed by atoms with Gasteiger partial charge in [-0.2, -0.15) is 0 Å². The van der Waals surface area contributed by atoms with Crippen molar-refractivity contribution in [2.45, 2.75) is 56.1 Å². The number of nitrogens with one attached hydrogen (secondary N) is 3. The van der Waals surface area contributed by atoms with Crippen LogP contribution in [0.1, 0.15) is 55.4 Å². The quantitative estimate of drug-likeness (QED) is 0.162. The first-order chi connectivity index (χ1) is 21.0. The van der Waals surface area contributed by atoms with E-state index in [1.54, 1.807) is 0 Å². The molecule has 9 nitrogen and oxygen atoms in total. The number of hydrogen-bond donors (Lipinski definition) is 3. The van der Waals surface area contributed by atoms with Crippen molar-refractivity contribution in [2.24, 2.45) is 0 Å². The molecular weight excluding hydrogens is 572 g/mol. The number of benzene rings is 3. The molecule has 5 rings (SSSR count). The third-order valence-corrected chi connectivity index (χ3v) is 7.59. The summed E-state index contributed by atoms with van der Waals surface area (Å²) in [5.41, 5.74) is 3.69. The summed E-state index contributed by atoms with van der Waals surface area (Å²) in [5, 5.41) is 10.0. The number of pyridine rings is 1. The first-order valence-corrected chi connectivity index (χ1v) is 15.0. The number of carbonyl (C=O) groups excluding carboxylic acids is 2. The standard InChI is InChI=1S/C34H34N6O3S/c1-21-11-17-27-30(37-21)35-20-36-31(27)40-28-19-24(32(41)38-22(2)23-9-7-6-8-10-23)12-18-29(28)44-26-15-13-25(14-16-26)39-33(42)43-34(3,4)5/h6-20,22H,1-5H3,(H,38,41)(H,39,42)(H,35,36,37,40)/t22-/m0/s1. The van der Waals surface area contributed by atoms with Gasteiger partial charge < -0.3 is 15.4 Å². The number of rotatable bonds is 8. The van der Waals surface area contributed by atoms with Gasteiger partial charge >= 0.3 is 6.09 Å². The molecular formula is C34H34N6O3S. The van der Waals surface area contributed by atoms with Crippen LogP contribution in [0.4, 0.5) is 22.0 Å². The summed E-state index contributed by atoms with van der Waals surface area (Å²) in [5.74, 6) is 0.389. The largest absolute Gasteiger partial charge is 0.444 e. The lowest BCUT2D eigenvalue weighted by atomic mass is 10.1. The fraction of sp³-hybridized carbons (Fsp3) is 0.206. The molecule has 3 N–H and O–H groups in total. The van der Waals surface area contributed by atoms with Crippen molar-refractivity contribution in [3.05, 3.63) is 108 Å². The van der Waals surface area contributed by atoms with Crippen molar-refractivity contribution < 1.29 is 14.3 Å². The molecule has 10 heteroatoms. The van der Waals surface area contributed by atoms with Gasteiger partial charge in [-0.1, -0.05) is 42.1 Å². The highest BCUT2D eigenvalue weighted by molar-refractivity contribution is 7.99. The number of hydrogen-bond acceptors (Lipinski definition) is 8. The normalized spacial score (nSPS) is 11.9. The zero-order valence-corrected chi connectivity index (χ0v) is 26.0. The molecule has 2 amide bonds. The van der Waals surface area contributed by atoms with Gasteiger partial charge in [-0.05, 0) is 94.8 Å². The average Bonchev–Trinajstić information content (AvgIpc) is 2.98. The summed E-state index contributed by atoms with van der Waals surface area (Å²) in [6.45, 7) is 9.33. The van der Waals surface area contributed by atoms with Crippen molar-refractivity contribution in [3.63, 3.8) is 0 Å². The number of amides is 2. The maximum Gasteiger partial charge on any atom is 0.412 e. The minimum Gasteiger partial charge on any atom is -0.444 e. The van der Waals surface area contributed by atoms with Crippen LogP contribution in [0.3, 0.4) is 0 Å². The minimum atomic E-state index is -0.587. The molecule has 0 aliphatic heterocycles. The molecule has 0 saturated carbocycles. The van der Waals surface area contributed by atoms with Crippen molar-refractivity contribution >= 4 is 52.0 Å². The highest BCUT2D eigenvalue weighted by Crippen LogP contribution is 2.37. The lowest BCUT2D eigenvalue weighted by Crippen LogP contribution is -2.27. The molecule has 224 valence electrons. The summed E-state index contributed by atoms with van der Waals surface area (Å²) in [7, 11) is 0. The maximum absolute atomic E-state index is 13.3. The topological polar surface area (TPSA) is 118 Å². The second-order valence-electron chi connectivity index (χ2n) is 11.2. The van der Waals surface area contributed by atoms with E-state index >= 15 is 0 Å². The van der Waals surface area contributed by atoms with Crippen LogP contribution in [-0.2, 0) is 4.74 Å². The molecule has 0 aliphatic rings. The van der Waals surface area contributed by atoms with Gasteiger partial charge in [0.2, 0.25) is 0 Å². The minimum absolute atomic E-state index is 0.165. The van der Waals surface area contributed by atoms with Gasteiger partial charge in [-0.3, -0.25) is 10.1 Å². The predicted octanol–water partition coefficient (Wildman–Crippen LogP) is 8.07. The second-order valence-corrected chi connectivity index (χ2v) is 12.4. The molecule has 0 unspecified atom stereocenters. The third-order valence-electron chi connectivity index (χ3n) is 6.51. The molecule has 0 fully saturated rings. The molecule has 0 bridgehead atoms. The maximum atomic E-state index is 13.3. The summed E-state index contributed by atoms with van der Waals surface area (Å²) < 4.78 is 5.35. The molecule has 0 aliphatic carbocycles. The highest BCUT2D eigenvalue weighted by atomic mass is 32.2. The zero-order chi connectivity index (χ0) is 31.3. The van der Waals surface area contributed by atoms with Gasteiger partial charge in [0.25, 0.3) is 5.91 Å². The van der Waals surface area contributed by atoms with Gasteiger partial charge in [0.15, 0.2) is 5.65 Å². The SMILES string of the molecule is Cc1ccc2c(Nc3cc(C(=O)N[C@@H](C)c4ccccc4)ccc3Sc3ccc(NC(=O)OC(C)(C)C)cc3)ncnc2n1. The Kier molecular flexibility index (Phi) is 9.10. The van der Waals surface area contributed by atoms with E-state index in [2.05, 4.69) is 30.9 Å². The van der Waals surface area contributed by atoms with Gasteiger partial charge in [0.05, 0.1) is 17.1 Å². The summed E-state index contributed by atoms with van der Waals surface area (Å²) in [4.78, 5) is 40.6. The smallest absolute Gasteiger partial charge is 0.412 e. The number of carbonyl (C=O) groups is 2. The summed E-state index contributed by atoms with van der Waals surface area (Å²) in [6.07, 6.45) is 0.958. The van der Waals surface area contributed by atoms with E-state index in [4.69, 9.17) is 4.74 Å². The van der Waals surface area contributed by atoms with Gasteiger partial charge in [-0.15, -0.1) is 0 Å². The van der Waals surface area contributed by atoms with Crippen LogP contribution in [0.15, 0.2) is 101 Å². The van der Waals surface area contributed by atoms with Gasteiger partial charge in [0.1, 0.15) is 17.7 Å². The monoisotopic (exact) mass is 606 g/mol. The Morgan fingerprint density at radius 2 is 1.66 bits per heavy atom. The second kappa shape index (κ2) is 13.1. The Hall–Kier alpha value is -4.96. The van der Waals surface area contributed by atoms with Crippen LogP contribution in [0.25, 0.3) is 11.0 Å². The third kappa shape index (κ3) is 7.90. The number of nitrogens with zero attached hydrogens (tertiary/aromatic N) is 3. The van der Waals surface area contributed by atoms with Crippen LogP contribution in [0.2, 0.25) is 0 Å². The first-order valence-electron chi connectivity index (χ1n) is 14.2. The first kappa shape index (κ1) is 30.5. The van der Waals surface area contributed by atoms with Gasteiger partial charge in [-0.25, -0.2) is 19.7 Å². The average molecular weight is 607 g/mol. The van der Waals surface area contributed by atoms with Crippen LogP contribution in [-0.4, -0.2) is 32.6 Å². The van der Waals surface area contributed by atoms with E-state index in [9.17, 15) is 9.59 Å². The van der Waals surface area contributed by atoms with E-state index < -0.39 is 11.7 Å². The number of aromatic nitrogens is 3. The molecule has 44 heavy (non-hydrogen) atoms. The molecule has 2 heterocycles. The van der Waals surface area contributed by atoms with E-state index in [-0.39, 0.29) is 11.9 Å². The summed E-state index contributed by atoms with van der Waals surface area (Å²) >= 11 is 1.51. The zero-order valence-electron chi connectivity index (χ0n) is 25.2. The van der Waals surface area contributed by atoms with Crippen molar-refractivity contribution in [3.8, 4) is 0 Å². The Morgan fingerprint density at radius 3 is 2.39 bits per heavy atom. The van der Waals surface area contributed by atoms with Crippen LogP contribution in [0, 0.1) is 6.92 Å². The molecule has 1 atom stereocenters. The fourth-order valence-electron chi connectivity index (χ4n) is 4.38. The molecule has 0 spiro atoms. The predicted molar refractivity (Wildman–Crippen MR) is 175 cm³/mol. The molecule has 0 radical (unpaired) electrons. The van der Waals surface area contributed by atoms with Crippen LogP contribution in [0.5, 0.6) is 0 Å². The number of fused-ring (bicyclic) bond motifs is 1. The molecule has 3 aromatic carbocycles. The highest BCUT2D eigenvalue weighted by Gasteiger charge is 2.18. The van der Waals surface area contributed by atoms with Crippen LogP contribution < -0.4 is 16.0 Å². The number of anilines is 3. The fourth-order valence-corrected chi connectivity index (χ4v) is 5.26. The Labute approximate surface area is 260 Å². The summed E-state index contributed by atoms with van der Waals surface area (Å²) in [6, 6.07) is 26.5. The Balaban J connectivity index is 1.42. The number of aryl methyl sites for hydroxylation is 1. The van der Waals surface area contributed by atoms with E-state index in [0.717, 1.165) is 26.4 Å². The van der Waals surface area contributed by atoms with Gasteiger partial charge in [0, 0.05) is 26.7 Å². The Bertz CT molecular complexity index is 1790. The lowest BCUT2D eigenvalue weighted by Gasteiger charge is -2.19. The lowest BCUT2D eigenvalue weighted by molar-refractivity contribution is 0.0635. The van der Waals surface area contributed by atoms with E-state index in [0.29, 0.717) is 28.4 Å². The number of ether oxygens (including phenoxy) is 1. The van der Waals surface area contributed by atoms with Crippen molar-refractivity contribution in [1.29, 1.82) is 0 Å². The van der Waals surface area contributed by atoms with Crippen molar-refractivity contribution in [1.82, 2.24) is 20.3 Å².